The number of rotatable bonds is 16. The normalized spacial score (nSPS) is 11.6. The molecule has 0 aromatic heterocycles. The molecule has 1 rings (SSSR count). The average molecular weight is 434 g/mol. The highest BCUT2D eigenvalue weighted by molar-refractivity contribution is 6.64. The number of nitrogens with one attached hydrogen (secondary N) is 2. The Bertz CT molecular complexity index is 698. The van der Waals surface area contributed by atoms with Gasteiger partial charge in [-0.05, 0) is 31.3 Å². The highest BCUT2D eigenvalue weighted by Gasteiger charge is 2.17. The molecule has 2 amide bonds. The Balaban J connectivity index is 2.12. The number of hydrogen-bond donors (Lipinski definition) is 3. The molecule has 1 atom stereocenters. The van der Waals surface area contributed by atoms with E-state index in [1.807, 2.05) is 6.92 Å². The number of amides is 2. The molecule has 0 fully saturated rings. The van der Waals surface area contributed by atoms with Crippen molar-refractivity contribution in [1.82, 2.24) is 10.6 Å². The van der Waals surface area contributed by atoms with Crippen molar-refractivity contribution in [3.63, 3.8) is 0 Å². The lowest BCUT2D eigenvalue weighted by atomic mass is 9.64. The first kappa shape index (κ1) is 26.8. The van der Waals surface area contributed by atoms with Crippen molar-refractivity contribution in [3.05, 3.63) is 29.8 Å². The van der Waals surface area contributed by atoms with Gasteiger partial charge in [-0.1, -0.05) is 31.9 Å². The van der Waals surface area contributed by atoms with Crippen LogP contribution in [0.5, 0.6) is 0 Å². The Morgan fingerprint density at radius 2 is 1.81 bits per heavy atom. The summed E-state index contributed by atoms with van der Waals surface area (Å²) in [6.45, 7) is 6.78. The monoisotopic (exact) mass is 434 g/mol. The van der Waals surface area contributed by atoms with Crippen LogP contribution in [-0.2, 0) is 19.1 Å². The van der Waals surface area contributed by atoms with E-state index in [0.29, 0.717) is 63.3 Å². The minimum atomic E-state index is -0.663. The van der Waals surface area contributed by atoms with Gasteiger partial charge in [-0.15, -0.1) is 0 Å². The number of carbonyl (C=O) groups is 3. The third-order valence-electron chi connectivity index (χ3n) is 4.59. The van der Waals surface area contributed by atoms with Gasteiger partial charge in [0.1, 0.15) is 0 Å². The van der Waals surface area contributed by atoms with E-state index in [2.05, 4.69) is 10.6 Å². The van der Waals surface area contributed by atoms with Gasteiger partial charge in [0, 0.05) is 31.6 Å². The first-order valence-electron chi connectivity index (χ1n) is 10.9. The first-order valence-corrected chi connectivity index (χ1v) is 10.9. The molecular weight excluding hydrogens is 399 g/mol. The molecule has 8 nitrogen and oxygen atoms in total. The quantitative estimate of drug-likeness (QED) is 0.264. The zero-order valence-corrected chi connectivity index (χ0v) is 18.8. The molecule has 9 heteroatoms. The Kier molecular flexibility index (Phi) is 13.5. The fourth-order valence-corrected chi connectivity index (χ4v) is 2.77. The summed E-state index contributed by atoms with van der Waals surface area (Å²) in [6, 6.07) is 6.10. The second kappa shape index (κ2) is 15.6. The third-order valence-corrected chi connectivity index (χ3v) is 4.59. The van der Waals surface area contributed by atoms with Crippen molar-refractivity contribution in [2.45, 2.75) is 52.4 Å². The van der Waals surface area contributed by atoms with Crippen LogP contribution in [0.1, 0.15) is 49.9 Å². The van der Waals surface area contributed by atoms with Crippen molar-refractivity contribution in [2.75, 3.05) is 33.0 Å². The van der Waals surface area contributed by atoms with Crippen LogP contribution in [0.25, 0.3) is 0 Å². The fourth-order valence-electron chi connectivity index (χ4n) is 2.77. The number of ether oxygens (including phenoxy) is 2. The van der Waals surface area contributed by atoms with Crippen molar-refractivity contribution in [1.29, 1.82) is 0 Å². The van der Waals surface area contributed by atoms with Gasteiger partial charge in [0.15, 0.2) is 5.78 Å². The molecule has 1 aromatic carbocycles. The molecule has 0 aliphatic heterocycles. The van der Waals surface area contributed by atoms with Gasteiger partial charge in [0.25, 0.3) is 5.91 Å². The smallest absolute Gasteiger partial charge is 0.320 e. The van der Waals surface area contributed by atoms with Crippen LogP contribution in [0.4, 0.5) is 0 Å². The van der Waals surface area contributed by atoms with Crippen LogP contribution < -0.4 is 16.1 Å². The van der Waals surface area contributed by atoms with Crippen LogP contribution in [0.2, 0.25) is 6.82 Å². The van der Waals surface area contributed by atoms with Gasteiger partial charge in [-0.2, -0.15) is 0 Å². The highest BCUT2D eigenvalue weighted by Crippen LogP contribution is 2.02. The van der Waals surface area contributed by atoms with E-state index in [-0.39, 0.29) is 17.6 Å². The molecule has 0 bridgehead atoms. The molecule has 172 valence electrons. The number of ketones is 1. The summed E-state index contributed by atoms with van der Waals surface area (Å²) < 4.78 is 10.8. The molecule has 0 saturated carbocycles. The molecule has 0 spiro atoms. The molecule has 31 heavy (non-hydrogen) atoms. The van der Waals surface area contributed by atoms with Crippen molar-refractivity contribution in [2.24, 2.45) is 0 Å². The van der Waals surface area contributed by atoms with Gasteiger partial charge in [-0.25, -0.2) is 0 Å². The van der Waals surface area contributed by atoms with Crippen LogP contribution in [-0.4, -0.2) is 68.6 Å². The summed E-state index contributed by atoms with van der Waals surface area (Å²) in [6.07, 6.45) is 2.22. The Hall–Kier alpha value is -2.23. The SMILES string of the molecule is CCCC(=O)NCCOCCOCCCC(=O)[C@H](C)NC(=O)c1cccc(B(C)O)c1. The molecule has 0 aliphatic carbocycles. The van der Waals surface area contributed by atoms with Crippen LogP contribution >= 0.6 is 0 Å². The predicted octanol–water partition coefficient (Wildman–Crippen LogP) is 0.924. The Labute approximate surface area is 185 Å². The third kappa shape index (κ3) is 11.7. The molecule has 0 aliphatic rings. The number of benzene rings is 1. The second-order valence-corrected chi connectivity index (χ2v) is 7.39. The van der Waals surface area contributed by atoms with E-state index in [4.69, 9.17) is 9.47 Å². The number of hydrogen-bond acceptors (Lipinski definition) is 6. The van der Waals surface area contributed by atoms with Crippen LogP contribution in [0, 0.1) is 0 Å². The summed E-state index contributed by atoms with van der Waals surface area (Å²) in [5.41, 5.74) is 1.06. The zero-order valence-electron chi connectivity index (χ0n) is 18.8. The predicted molar refractivity (Wildman–Crippen MR) is 121 cm³/mol. The minimum Gasteiger partial charge on any atom is -0.447 e. The molecule has 0 saturated heterocycles. The van der Waals surface area contributed by atoms with E-state index < -0.39 is 13.0 Å². The van der Waals surface area contributed by atoms with E-state index >= 15 is 0 Å². The fraction of sp³-hybridized carbons (Fsp3) is 0.591. The average Bonchev–Trinajstić information content (AvgIpc) is 2.75. The van der Waals surface area contributed by atoms with Crippen LogP contribution in [0.15, 0.2) is 24.3 Å². The minimum absolute atomic E-state index is 0.0331. The number of carbonyl (C=O) groups excluding carboxylic acids is 3. The maximum atomic E-state index is 12.3. The summed E-state index contributed by atoms with van der Waals surface area (Å²) in [4.78, 5) is 35.8. The van der Waals surface area contributed by atoms with Crippen molar-refractivity contribution in [3.8, 4) is 0 Å². The maximum absolute atomic E-state index is 12.3. The molecule has 1 aromatic rings. The molecular formula is C22H35BN2O6. The molecule has 0 unspecified atom stereocenters. The van der Waals surface area contributed by atoms with Gasteiger partial charge in [0.2, 0.25) is 5.91 Å². The standard InChI is InChI=1S/C22H35BN2O6/c1-4-7-21(27)24-11-13-31-15-14-30-12-6-10-20(26)17(2)25-22(28)18-8-5-9-19(16-18)23(3)29/h5,8-9,16-17,29H,4,6-7,10-15H2,1-3H3,(H,24,27)(H,25,28)/t17-/m0/s1. The summed E-state index contributed by atoms with van der Waals surface area (Å²) in [7, 11) is 0. The van der Waals surface area contributed by atoms with Crippen molar-refractivity contribution >= 4 is 30.0 Å². The van der Waals surface area contributed by atoms with E-state index in [1.54, 1.807) is 38.0 Å². The van der Waals surface area contributed by atoms with Gasteiger partial charge >= 0.3 is 6.92 Å². The Morgan fingerprint density at radius 3 is 2.48 bits per heavy atom. The van der Waals surface area contributed by atoms with E-state index in [0.717, 1.165) is 6.42 Å². The summed E-state index contributed by atoms with van der Waals surface area (Å²) in [5, 5.41) is 15.1. The lowest BCUT2D eigenvalue weighted by Crippen LogP contribution is -2.39. The van der Waals surface area contributed by atoms with E-state index in [9.17, 15) is 19.4 Å². The molecule has 0 heterocycles. The number of Topliss-reactive ketones (excluding diaryl/α,β-unsaturated/α-hetero) is 1. The van der Waals surface area contributed by atoms with Gasteiger partial charge < -0.3 is 25.1 Å². The summed E-state index contributed by atoms with van der Waals surface area (Å²) >= 11 is 0. The topological polar surface area (TPSA) is 114 Å². The highest BCUT2D eigenvalue weighted by atomic mass is 16.5. The van der Waals surface area contributed by atoms with Gasteiger partial charge in [0.05, 0.1) is 25.9 Å². The first-order chi connectivity index (χ1) is 14.8. The largest absolute Gasteiger partial charge is 0.447 e. The van der Waals surface area contributed by atoms with Crippen molar-refractivity contribution < 1.29 is 28.9 Å². The summed E-state index contributed by atoms with van der Waals surface area (Å²) in [5.74, 6) is -0.379. The van der Waals surface area contributed by atoms with Crippen LogP contribution in [0.3, 0.4) is 0 Å². The maximum Gasteiger partial charge on any atom is 0.320 e. The molecule has 0 radical (unpaired) electrons. The zero-order chi connectivity index (χ0) is 23.1. The van der Waals surface area contributed by atoms with Gasteiger partial charge in [-0.3, -0.25) is 14.4 Å². The lowest BCUT2D eigenvalue weighted by Gasteiger charge is -2.14. The molecule has 3 N–H and O–H groups in total. The Morgan fingerprint density at radius 1 is 1.10 bits per heavy atom. The second-order valence-electron chi connectivity index (χ2n) is 7.39. The lowest BCUT2D eigenvalue weighted by molar-refractivity contribution is -0.122. The van der Waals surface area contributed by atoms with E-state index in [1.165, 1.54) is 0 Å².